The Hall–Kier alpha value is -1.60. The van der Waals surface area contributed by atoms with Gasteiger partial charge in [-0.25, -0.2) is 4.39 Å². The molecule has 4 heteroatoms. The van der Waals surface area contributed by atoms with E-state index in [-0.39, 0.29) is 11.9 Å². The van der Waals surface area contributed by atoms with Crippen LogP contribution >= 0.6 is 0 Å². The topological polar surface area (TPSA) is 53.0 Å². The molecule has 3 nitrogen and oxygen atoms in total. The van der Waals surface area contributed by atoms with Crippen LogP contribution in [0.5, 0.6) is 0 Å². The maximum Gasteiger partial charge on any atom is 0.123 e. The zero-order chi connectivity index (χ0) is 14.4. The molecule has 0 aliphatic rings. The van der Waals surface area contributed by atoms with Crippen LogP contribution in [-0.2, 0) is 0 Å². The average Bonchev–Trinajstić information content (AvgIpc) is 2.34. The summed E-state index contributed by atoms with van der Waals surface area (Å²) in [5.41, 5.74) is 7.64. The van der Waals surface area contributed by atoms with E-state index in [1.807, 2.05) is 6.92 Å². The monoisotopic (exact) mass is 263 g/mol. The van der Waals surface area contributed by atoms with Crippen LogP contribution in [0, 0.1) is 23.1 Å². The van der Waals surface area contributed by atoms with Crippen molar-refractivity contribution in [3.63, 3.8) is 0 Å². The van der Waals surface area contributed by atoms with Crippen LogP contribution in [0.2, 0.25) is 0 Å². The van der Waals surface area contributed by atoms with Crippen LogP contribution < -0.4 is 10.6 Å². The van der Waals surface area contributed by atoms with Gasteiger partial charge in [0.05, 0.1) is 12.5 Å². The van der Waals surface area contributed by atoms with Gasteiger partial charge in [0.2, 0.25) is 0 Å². The highest BCUT2D eigenvalue weighted by Crippen LogP contribution is 2.27. The van der Waals surface area contributed by atoms with Gasteiger partial charge in [0.15, 0.2) is 0 Å². The van der Waals surface area contributed by atoms with E-state index >= 15 is 0 Å². The highest BCUT2D eigenvalue weighted by Gasteiger charge is 2.15. The number of hydrogen-bond donors (Lipinski definition) is 1. The summed E-state index contributed by atoms with van der Waals surface area (Å²) in [6.07, 6.45) is 0.447. The lowest BCUT2D eigenvalue weighted by atomic mass is 10.0. The van der Waals surface area contributed by atoms with Gasteiger partial charge in [-0.2, -0.15) is 5.26 Å². The summed E-state index contributed by atoms with van der Waals surface area (Å²) in [5, 5.41) is 8.76. The number of benzene rings is 1. The lowest BCUT2D eigenvalue weighted by molar-refractivity contribution is 0.602. The fourth-order valence-corrected chi connectivity index (χ4v) is 2.11. The first-order chi connectivity index (χ1) is 8.95. The second kappa shape index (κ2) is 7.10. The third kappa shape index (κ3) is 4.53. The minimum absolute atomic E-state index is 0.234. The van der Waals surface area contributed by atoms with Gasteiger partial charge in [0.25, 0.3) is 0 Å². The van der Waals surface area contributed by atoms with E-state index in [2.05, 4.69) is 24.8 Å². The summed E-state index contributed by atoms with van der Waals surface area (Å²) in [6.45, 7) is 7.55. The molecule has 1 aromatic carbocycles. The third-order valence-electron chi connectivity index (χ3n) is 2.90. The highest BCUT2D eigenvalue weighted by molar-refractivity contribution is 5.55. The number of nitriles is 1. The SMILES string of the molecule is CC(C)CN(CCC#N)c1ccc(F)cc1C(C)N. The number of anilines is 1. The van der Waals surface area contributed by atoms with Crippen molar-refractivity contribution in [3.05, 3.63) is 29.6 Å². The number of rotatable bonds is 6. The second-order valence-corrected chi connectivity index (χ2v) is 5.24. The largest absolute Gasteiger partial charge is 0.370 e. The summed E-state index contributed by atoms with van der Waals surface area (Å²) in [6, 6.07) is 6.61. The Balaban J connectivity index is 3.10. The average molecular weight is 263 g/mol. The predicted molar refractivity (Wildman–Crippen MR) is 76.3 cm³/mol. The Kier molecular flexibility index (Phi) is 5.78. The van der Waals surface area contributed by atoms with Crippen molar-refractivity contribution in [1.29, 1.82) is 5.26 Å². The third-order valence-corrected chi connectivity index (χ3v) is 2.90. The van der Waals surface area contributed by atoms with Gasteiger partial charge in [0.1, 0.15) is 5.82 Å². The molecule has 2 N–H and O–H groups in total. The fraction of sp³-hybridized carbons (Fsp3) is 0.533. The van der Waals surface area contributed by atoms with E-state index in [1.165, 1.54) is 12.1 Å². The van der Waals surface area contributed by atoms with Crippen molar-refractivity contribution in [2.24, 2.45) is 11.7 Å². The van der Waals surface area contributed by atoms with Gasteiger partial charge in [-0.05, 0) is 36.6 Å². The Morgan fingerprint density at radius 2 is 2.05 bits per heavy atom. The summed E-state index contributed by atoms with van der Waals surface area (Å²) in [5.74, 6) is 0.186. The Bertz CT molecular complexity index is 449. The number of hydrogen-bond acceptors (Lipinski definition) is 3. The minimum Gasteiger partial charge on any atom is -0.370 e. The van der Waals surface area contributed by atoms with E-state index in [4.69, 9.17) is 11.0 Å². The van der Waals surface area contributed by atoms with Crippen molar-refractivity contribution < 1.29 is 4.39 Å². The van der Waals surface area contributed by atoms with Crippen molar-refractivity contribution in [3.8, 4) is 6.07 Å². The quantitative estimate of drug-likeness (QED) is 0.857. The summed E-state index contributed by atoms with van der Waals surface area (Å²) >= 11 is 0. The smallest absolute Gasteiger partial charge is 0.123 e. The molecule has 0 spiro atoms. The van der Waals surface area contributed by atoms with Crippen LogP contribution in [0.25, 0.3) is 0 Å². The van der Waals surface area contributed by atoms with Crippen LogP contribution in [-0.4, -0.2) is 13.1 Å². The molecule has 0 amide bonds. The van der Waals surface area contributed by atoms with E-state index < -0.39 is 0 Å². The molecule has 1 atom stereocenters. The maximum absolute atomic E-state index is 13.4. The lowest BCUT2D eigenvalue weighted by Gasteiger charge is -2.29. The summed E-state index contributed by atoms with van der Waals surface area (Å²) < 4.78 is 13.4. The number of nitrogens with two attached hydrogens (primary N) is 1. The van der Waals surface area contributed by atoms with Gasteiger partial charge < -0.3 is 10.6 Å². The second-order valence-electron chi connectivity index (χ2n) is 5.24. The van der Waals surface area contributed by atoms with E-state index in [1.54, 1.807) is 6.07 Å². The van der Waals surface area contributed by atoms with Crippen LogP contribution in [0.4, 0.5) is 10.1 Å². The van der Waals surface area contributed by atoms with E-state index in [0.29, 0.717) is 18.9 Å². The molecule has 0 radical (unpaired) electrons. The molecule has 0 saturated heterocycles. The van der Waals surface area contributed by atoms with Crippen molar-refractivity contribution in [1.82, 2.24) is 0 Å². The normalized spacial score (nSPS) is 12.3. The Morgan fingerprint density at radius 1 is 1.37 bits per heavy atom. The standard InChI is InChI=1S/C15H22FN3/c1-11(2)10-19(8-4-7-17)15-6-5-13(16)9-14(15)12(3)18/h5-6,9,11-12H,4,8,10,18H2,1-3H3. The molecule has 1 unspecified atom stereocenters. The van der Waals surface area contributed by atoms with Gasteiger partial charge >= 0.3 is 0 Å². The number of halogens is 1. The molecule has 0 aliphatic carbocycles. The van der Waals surface area contributed by atoms with Crippen LogP contribution in [0.15, 0.2) is 18.2 Å². The Morgan fingerprint density at radius 3 is 2.58 bits per heavy atom. The molecule has 0 aromatic heterocycles. The first kappa shape index (κ1) is 15.5. The molecular weight excluding hydrogens is 241 g/mol. The predicted octanol–water partition coefficient (Wildman–Crippen LogP) is 3.22. The van der Waals surface area contributed by atoms with Crippen molar-refractivity contribution in [2.45, 2.75) is 33.2 Å². The first-order valence-electron chi connectivity index (χ1n) is 6.62. The molecule has 1 rings (SSSR count). The molecule has 1 aromatic rings. The summed E-state index contributed by atoms with van der Waals surface area (Å²) in [7, 11) is 0. The fourth-order valence-electron chi connectivity index (χ4n) is 2.11. The van der Waals surface area contributed by atoms with Gasteiger partial charge in [-0.3, -0.25) is 0 Å². The summed E-state index contributed by atoms with van der Waals surface area (Å²) in [4.78, 5) is 2.12. The molecule has 0 bridgehead atoms. The zero-order valence-electron chi connectivity index (χ0n) is 11.9. The minimum atomic E-state index is -0.277. The molecule has 0 aliphatic heterocycles. The lowest BCUT2D eigenvalue weighted by Crippen LogP contribution is -2.30. The van der Waals surface area contributed by atoms with Crippen LogP contribution in [0.1, 0.15) is 38.8 Å². The van der Waals surface area contributed by atoms with Gasteiger partial charge in [-0.1, -0.05) is 13.8 Å². The van der Waals surface area contributed by atoms with E-state index in [0.717, 1.165) is 17.8 Å². The zero-order valence-corrected chi connectivity index (χ0v) is 11.9. The van der Waals surface area contributed by atoms with Crippen LogP contribution in [0.3, 0.4) is 0 Å². The molecule has 104 valence electrons. The molecular formula is C15H22FN3. The van der Waals surface area contributed by atoms with Crippen molar-refractivity contribution >= 4 is 5.69 Å². The van der Waals surface area contributed by atoms with E-state index in [9.17, 15) is 4.39 Å². The molecule has 0 heterocycles. The maximum atomic E-state index is 13.4. The molecule has 19 heavy (non-hydrogen) atoms. The first-order valence-corrected chi connectivity index (χ1v) is 6.62. The number of nitrogens with zero attached hydrogens (tertiary/aromatic N) is 2. The van der Waals surface area contributed by atoms with Crippen molar-refractivity contribution in [2.75, 3.05) is 18.0 Å². The van der Waals surface area contributed by atoms with Gasteiger partial charge in [-0.15, -0.1) is 0 Å². The highest BCUT2D eigenvalue weighted by atomic mass is 19.1. The molecule has 0 fully saturated rings. The van der Waals surface area contributed by atoms with Gasteiger partial charge in [0, 0.05) is 24.8 Å². The Labute approximate surface area is 114 Å². The molecule has 0 saturated carbocycles.